The maximum absolute atomic E-state index is 11.9. The molecule has 0 saturated carbocycles. The van der Waals surface area contributed by atoms with Gasteiger partial charge in [0.2, 0.25) is 0 Å². The van der Waals surface area contributed by atoms with E-state index in [2.05, 4.69) is 6.92 Å². The van der Waals surface area contributed by atoms with Crippen LogP contribution in [0.4, 0.5) is 0 Å². The van der Waals surface area contributed by atoms with E-state index in [4.69, 9.17) is 8.92 Å². The first-order valence-corrected chi connectivity index (χ1v) is 9.51. The second-order valence-electron chi connectivity index (χ2n) is 5.47. The lowest BCUT2D eigenvalue weighted by atomic mass is 10.2. The van der Waals surface area contributed by atoms with Gasteiger partial charge in [0, 0.05) is 13.2 Å². The van der Waals surface area contributed by atoms with E-state index in [1.807, 2.05) is 6.92 Å². The van der Waals surface area contributed by atoms with Crippen molar-refractivity contribution in [3.05, 3.63) is 29.8 Å². The summed E-state index contributed by atoms with van der Waals surface area (Å²) in [6.45, 7) is 5.95. The molecule has 0 amide bonds. The van der Waals surface area contributed by atoms with Crippen LogP contribution in [0, 0.1) is 6.92 Å². The molecular formula is C17H28O4S. The largest absolute Gasteiger partial charge is 0.381 e. The van der Waals surface area contributed by atoms with E-state index >= 15 is 0 Å². The van der Waals surface area contributed by atoms with Crippen LogP contribution in [-0.4, -0.2) is 28.2 Å². The molecule has 0 aromatic heterocycles. The van der Waals surface area contributed by atoms with Crippen molar-refractivity contribution in [2.75, 3.05) is 19.8 Å². The summed E-state index contributed by atoms with van der Waals surface area (Å²) in [6.07, 6.45) is 6.05. The maximum Gasteiger partial charge on any atom is 0.296 e. The quantitative estimate of drug-likeness (QED) is 0.428. The highest BCUT2D eigenvalue weighted by Gasteiger charge is 2.14. The topological polar surface area (TPSA) is 52.6 Å². The van der Waals surface area contributed by atoms with Gasteiger partial charge in [0.1, 0.15) is 0 Å². The normalized spacial score (nSPS) is 11.7. The first kappa shape index (κ1) is 19.1. The van der Waals surface area contributed by atoms with Crippen LogP contribution in [0.5, 0.6) is 0 Å². The number of ether oxygens (including phenoxy) is 1. The van der Waals surface area contributed by atoms with E-state index in [9.17, 15) is 8.42 Å². The van der Waals surface area contributed by atoms with Gasteiger partial charge in [0.05, 0.1) is 11.5 Å². The highest BCUT2D eigenvalue weighted by molar-refractivity contribution is 7.86. The zero-order chi connectivity index (χ0) is 16.3. The minimum absolute atomic E-state index is 0.224. The summed E-state index contributed by atoms with van der Waals surface area (Å²) in [6, 6.07) is 6.71. The van der Waals surface area contributed by atoms with Gasteiger partial charge in [-0.05, 0) is 38.3 Å². The van der Waals surface area contributed by atoms with Gasteiger partial charge < -0.3 is 4.74 Å². The molecule has 0 atom stereocenters. The lowest BCUT2D eigenvalue weighted by Gasteiger charge is -2.06. The third-order valence-corrected chi connectivity index (χ3v) is 4.70. The monoisotopic (exact) mass is 328 g/mol. The van der Waals surface area contributed by atoms with Crippen LogP contribution >= 0.6 is 0 Å². The first-order valence-electron chi connectivity index (χ1n) is 8.10. The van der Waals surface area contributed by atoms with Gasteiger partial charge in [0.15, 0.2) is 0 Å². The number of rotatable bonds is 12. The summed E-state index contributed by atoms with van der Waals surface area (Å²) in [5, 5.41) is 0. The Labute approximate surface area is 135 Å². The molecule has 0 bridgehead atoms. The van der Waals surface area contributed by atoms with Crippen molar-refractivity contribution in [3.63, 3.8) is 0 Å². The van der Waals surface area contributed by atoms with E-state index in [0.717, 1.165) is 57.3 Å². The Morgan fingerprint density at radius 1 is 0.864 bits per heavy atom. The number of hydrogen-bond donors (Lipinski definition) is 0. The summed E-state index contributed by atoms with van der Waals surface area (Å²) in [4.78, 5) is 0.224. The Bertz CT molecular complexity index is 494. The van der Waals surface area contributed by atoms with E-state index in [1.165, 1.54) is 0 Å². The fourth-order valence-corrected chi connectivity index (χ4v) is 2.89. The molecule has 0 unspecified atom stereocenters. The second kappa shape index (κ2) is 10.8. The van der Waals surface area contributed by atoms with Crippen LogP contribution in [0.1, 0.15) is 51.0 Å². The fraction of sp³-hybridized carbons (Fsp3) is 0.647. The molecule has 0 radical (unpaired) electrons. The lowest BCUT2D eigenvalue weighted by Crippen LogP contribution is -2.07. The van der Waals surface area contributed by atoms with Crippen LogP contribution in [0.3, 0.4) is 0 Å². The Morgan fingerprint density at radius 3 is 2.09 bits per heavy atom. The van der Waals surface area contributed by atoms with E-state index in [-0.39, 0.29) is 11.5 Å². The summed E-state index contributed by atoms with van der Waals surface area (Å²) < 4.78 is 34.4. The Kier molecular flexibility index (Phi) is 9.36. The lowest BCUT2D eigenvalue weighted by molar-refractivity contribution is 0.126. The SMILES string of the molecule is CCCCOCCCCCCOS(=O)(=O)c1ccc(C)cc1. The Morgan fingerprint density at radius 2 is 1.45 bits per heavy atom. The summed E-state index contributed by atoms with van der Waals surface area (Å²) in [7, 11) is -3.61. The number of unbranched alkanes of at least 4 members (excludes halogenated alkanes) is 4. The third kappa shape index (κ3) is 7.92. The van der Waals surface area contributed by atoms with Crippen molar-refractivity contribution in [2.24, 2.45) is 0 Å². The Hall–Kier alpha value is -0.910. The van der Waals surface area contributed by atoms with E-state index in [0.29, 0.717) is 0 Å². The zero-order valence-electron chi connectivity index (χ0n) is 13.7. The first-order chi connectivity index (χ1) is 10.6. The van der Waals surface area contributed by atoms with Crippen molar-refractivity contribution in [1.29, 1.82) is 0 Å². The van der Waals surface area contributed by atoms with Crippen LogP contribution in [0.25, 0.3) is 0 Å². The average Bonchev–Trinajstić information content (AvgIpc) is 2.49. The molecule has 22 heavy (non-hydrogen) atoms. The van der Waals surface area contributed by atoms with Gasteiger partial charge in [-0.15, -0.1) is 0 Å². The van der Waals surface area contributed by atoms with E-state index in [1.54, 1.807) is 24.3 Å². The molecule has 0 saturated heterocycles. The third-order valence-electron chi connectivity index (χ3n) is 3.37. The Balaban J connectivity index is 2.10. The standard InChI is InChI=1S/C17H28O4S/c1-3-4-13-20-14-7-5-6-8-15-21-22(18,19)17-11-9-16(2)10-12-17/h9-12H,3-8,13-15H2,1-2H3. The van der Waals surface area contributed by atoms with Crippen LogP contribution in [0.2, 0.25) is 0 Å². The van der Waals surface area contributed by atoms with E-state index < -0.39 is 10.1 Å². The molecule has 0 aliphatic heterocycles. The highest BCUT2D eigenvalue weighted by atomic mass is 32.2. The summed E-state index contributed by atoms with van der Waals surface area (Å²) in [5.74, 6) is 0. The molecule has 0 heterocycles. The predicted octanol–water partition coefficient (Wildman–Crippen LogP) is 4.08. The zero-order valence-corrected chi connectivity index (χ0v) is 14.5. The van der Waals surface area contributed by atoms with Gasteiger partial charge >= 0.3 is 0 Å². The molecule has 0 aliphatic rings. The number of aryl methyl sites for hydroxylation is 1. The molecular weight excluding hydrogens is 300 g/mol. The fourth-order valence-electron chi connectivity index (χ4n) is 1.95. The van der Waals surface area contributed by atoms with Gasteiger partial charge in [0.25, 0.3) is 10.1 Å². The van der Waals surface area contributed by atoms with Crippen LogP contribution in [0.15, 0.2) is 29.2 Å². The molecule has 126 valence electrons. The number of benzene rings is 1. The smallest absolute Gasteiger partial charge is 0.296 e. The van der Waals surface area contributed by atoms with Crippen molar-refractivity contribution >= 4 is 10.1 Å². The molecule has 0 N–H and O–H groups in total. The molecule has 5 heteroatoms. The van der Waals surface area contributed by atoms with Gasteiger partial charge in [-0.1, -0.05) is 43.9 Å². The van der Waals surface area contributed by atoms with Crippen molar-refractivity contribution < 1.29 is 17.3 Å². The van der Waals surface area contributed by atoms with Gasteiger partial charge in [-0.25, -0.2) is 0 Å². The minimum Gasteiger partial charge on any atom is -0.381 e. The number of hydrogen-bond acceptors (Lipinski definition) is 4. The molecule has 1 rings (SSSR count). The summed E-state index contributed by atoms with van der Waals surface area (Å²) in [5.41, 5.74) is 1.03. The second-order valence-corrected chi connectivity index (χ2v) is 7.08. The molecule has 0 spiro atoms. The maximum atomic E-state index is 11.9. The summed E-state index contributed by atoms with van der Waals surface area (Å²) >= 11 is 0. The highest BCUT2D eigenvalue weighted by Crippen LogP contribution is 2.14. The van der Waals surface area contributed by atoms with Crippen LogP contribution < -0.4 is 0 Å². The molecule has 0 aliphatic carbocycles. The van der Waals surface area contributed by atoms with Crippen molar-refractivity contribution in [2.45, 2.75) is 57.3 Å². The van der Waals surface area contributed by atoms with Crippen molar-refractivity contribution in [1.82, 2.24) is 0 Å². The predicted molar refractivity (Wildman–Crippen MR) is 88.5 cm³/mol. The average molecular weight is 328 g/mol. The van der Waals surface area contributed by atoms with Gasteiger partial charge in [-0.2, -0.15) is 8.42 Å². The molecule has 1 aromatic carbocycles. The van der Waals surface area contributed by atoms with Crippen molar-refractivity contribution in [3.8, 4) is 0 Å². The molecule has 1 aromatic rings. The van der Waals surface area contributed by atoms with Crippen LogP contribution in [-0.2, 0) is 19.0 Å². The molecule has 0 fully saturated rings. The van der Waals surface area contributed by atoms with Gasteiger partial charge in [-0.3, -0.25) is 4.18 Å². The molecule has 4 nitrogen and oxygen atoms in total. The minimum atomic E-state index is -3.61.